The van der Waals surface area contributed by atoms with Gasteiger partial charge >= 0.3 is 0 Å². The second-order valence-electron chi connectivity index (χ2n) is 7.15. The Labute approximate surface area is 152 Å². The molecule has 1 fully saturated rings. The fourth-order valence-electron chi connectivity index (χ4n) is 2.26. The molecule has 0 spiro atoms. The van der Waals surface area contributed by atoms with Crippen molar-refractivity contribution >= 4 is 39.7 Å². The Morgan fingerprint density at radius 1 is 1.29 bits per heavy atom. The molecule has 2 rings (SSSR count). The Morgan fingerprint density at radius 2 is 1.92 bits per heavy atom. The molecule has 1 aliphatic heterocycles. The minimum absolute atomic E-state index is 0.0490. The number of halogens is 1. The topological polar surface area (TPSA) is 81.5 Å². The van der Waals surface area contributed by atoms with Crippen LogP contribution in [0.15, 0.2) is 15.6 Å². The maximum Gasteiger partial charge on any atom is 0.295 e. The highest BCUT2D eigenvalue weighted by Gasteiger charge is 2.25. The second kappa shape index (κ2) is 7.67. The van der Waals surface area contributed by atoms with Gasteiger partial charge in [-0.15, -0.1) is 0 Å². The van der Waals surface area contributed by atoms with Crippen molar-refractivity contribution in [1.82, 2.24) is 9.55 Å². The van der Waals surface area contributed by atoms with Crippen LogP contribution in [0.3, 0.4) is 0 Å². The molecule has 7 nitrogen and oxygen atoms in total. The predicted octanol–water partition coefficient (Wildman–Crippen LogP) is 1.55. The van der Waals surface area contributed by atoms with Gasteiger partial charge in [-0.25, -0.2) is 13.4 Å². The Hall–Kier alpha value is -0.713. The van der Waals surface area contributed by atoms with Crippen molar-refractivity contribution in [3.05, 3.63) is 21.2 Å². The van der Waals surface area contributed by atoms with E-state index in [0.29, 0.717) is 11.2 Å². The van der Waals surface area contributed by atoms with Gasteiger partial charge in [-0.1, -0.05) is 19.6 Å². The van der Waals surface area contributed by atoms with Crippen molar-refractivity contribution in [3.63, 3.8) is 0 Å². The zero-order chi connectivity index (χ0) is 18.0. The normalized spacial score (nSPS) is 17.9. The largest absolute Gasteiger partial charge is 0.361 e. The summed E-state index contributed by atoms with van der Waals surface area (Å²) in [5.74, 6) is 0.369. The van der Waals surface area contributed by atoms with Crippen molar-refractivity contribution in [1.29, 1.82) is 0 Å². The van der Waals surface area contributed by atoms with Crippen LogP contribution in [0.4, 0.5) is 5.82 Å². The first kappa shape index (κ1) is 19.6. The summed E-state index contributed by atoms with van der Waals surface area (Å²) in [6.07, 6.45) is 1.60. The molecule has 24 heavy (non-hydrogen) atoms. The molecule has 1 aromatic heterocycles. The van der Waals surface area contributed by atoms with E-state index in [4.69, 9.17) is 4.74 Å². The molecule has 0 atom stereocenters. The zero-order valence-corrected chi connectivity index (χ0v) is 17.7. The Kier molecular flexibility index (Phi) is 6.27. The first-order valence-electron chi connectivity index (χ1n) is 7.87. The number of rotatable bonds is 6. The van der Waals surface area contributed by atoms with Crippen LogP contribution in [0.25, 0.3) is 0 Å². The highest BCUT2D eigenvalue weighted by Crippen LogP contribution is 2.14. The minimum atomic E-state index is -3.00. The summed E-state index contributed by atoms with van der Waals surface area (Å²) in [5, 5.41) is 0. The predicted molar refractivity (Wildman–Crippen MR) is 101 cm³/mol. The van der Waals surface area contributed by atoms with Crippen LogP contribution in [-0.4, -0.2) is 57.2 Å². The van der Waals surface area contributed by atoms with E-state index in [-0.39, 0.29) is 42.7 Å². The van der Waals surface area contributed by atoms with Gasteiger partial charge in [0.2, 0.25) is 0 Å². The maximum atomic E-state index is 12.6. The van der Waals surface area contributed by atoms with Crippen molar-refractivity contribution in [2.75, 3.05) is 36.1 Å². The Morgan fingerprint density at radius 3 is 2.50 bits per heavy atom. The summed E-state index contributed by atoms with van der Waals surface area (Å²) in [7, 11) is -4.17. The van der Waals surface area contributed by atoms with Crippen LogP contribution in [0.5, 0.6) is 0 Å². The number of aromatic nitrogens is 2. The number of anilines is 1. The number of hydrogen-bond acceptors (Lipinski definition) is 6. The van der Waals surface area contributed by atoms with E-state index in [1.54, 1.807) is 11.1 Å². The summed E-state index contributed by atoms with van der Waals surface area (Å²) in [5.41, 5.74) is -0.259. The first-order chi connectivity index (χ1) is 11.1. The molecule has 0 aromatic carbocycles. The fourth-order valence-corrected chi connectivity index (χ4v) is 4.63. The van der Waals surface area contributed by atoms with E-state index in [2.05, 4.69) is 40.6 Å². The number of sulfone groups is 1. The molecule has 136 valence electrons. The standard InChI is InChI=1S/C14H24BrN3O4SSi/c1-24(2,3)9-6-22-11-18-10-12(15)16-13(14(18)19)17-4-7-23(20,21)8-5-17/h10H,4-9,11H2,1-3H3. The lowest BCUT2D eigenvalue weighted by molar-refractivity contribution is 0.0845. The van der Waals surface area contributed by atoms with Gasteiger partial charge in [0.25, 0.3) is 5.56 Å². The lowest BCUT2D eigenvalue weighted by Gasteiger charge is -2.27. The van der Waals surface area contributed by atoms with Crippen molar-refractivity contribution in [2.45, 2.75) is 32.4 Å². The summed E-state index contributed by atoms with van der Waals surface area (Å²) in [4.78, 5) is 18.6. The number of nitrogens with zero attached hydrogens (tertiary/aromatic N) is 3. The molecule has 1 aromatic rings. The van der Waals surface area contributed by atoms with Gasteiger partial charge in [-0.05, 0) is 22.0 Å². The van der Waals surface area contributed by atoms with Gasteiger partial charge in [0, 0.05) is 34.0 Å². The molecule has 0 aliphatic carbocycles. The molecule has 1 saturated heterocycles. The Bertz CT molecular complexity index is 731. The van der Waals surface area contributed by atoms with Crippen LogP contribution in [-0.2, 0) is 21.3 Å². The highest BCUT2D eigenvalue weighted by molar-refractivity contribution is 9.10. The minimum Gasteiger partial charge on any atom is -0.361 e. The summed E-state index contributed by atoms with van der Waals surface area (Å²) in [6, 6.07) is 1.03. The highest BCUT2D eigenvalue weighted by atomic mass is 79.9. The SMILES string of the molecule is C[Si](C)(C)CCOCn1cc(Br)nc(N2CCS(=O)(=O)CC2)c1=O. The lowest BCUT2D eigenvalue weighted by atomic mass is 10.4. The van der Waals surface area contributed by atoms with Crippen LogP contribution < -0.4 is 10.5 Å². The molecule has 0 radical (unpaired) electrons. The van der Waals surface area contributed by atoms with E-state index in [9.17, 15) is 13.2 Å². The van der Waals surface area contributed by atoms with Crippen LogP contribution in [0, 0.1) is 0 Å². The molecular formula is C14H24BrN3O4SSi. The molecule has 2 heterocycles. The van der Waals surface area contributed by atoms with Gasteiger partial charge in [-0.3, -0.25) is 9.36 Å². The van der Waals surface area contributed by atoms with Gasteiger partial charge in [0.1, 0.15) is 11.3 Å². The van der Waals surface area contributed by atoms with Crippen LogP contribution in [0.2, 0.25) is 25.7 Å². The Balaban J connectivity index is 2.09. The second-order valence-corrected chi connectivity index (χ2v) is 15.9. The van der Waals surface area contributed by atoms with E-state index in [0.717, 1.165) is 6.04 Å². The van der Waals surface area contributed by atoms with E-state index < -0.39 is 17.9 Å². The van der Waals surface area contributed by atoms with Crippen molar-refractivity contribution < 1.29 is 13.2 Å². The number of ether oxygens (including phenoxy) is 1. The first-order valence-corrected chi connectivity index (χ1v) is 14.2. The average Bonchev–Trinajstić information content (AvgIpc) is 2.46. The third-order valence-electron chi connectivity index (χ3n) is 3.80. The number of hydrogen-bond donors (Lipinski definition) is 0. The molecule has 0 unspecified atom stereocenters. The summed E-state index contributed by atoms with van der Waals surface area (Å²) in [6.45, 7) is 8.19. The van der Waals surface area contributed by atoms with Gasteiger partial charge in [-0.2, -0.15) is 0 Å². The third-order valence-corrected chi connectivity index (χ3v) is 7.49. The molecular weight excluding hydrogens is 414 g/mol. The molecule has 0 N–H and O–H groups in total. The summed E-state index contributed by atoms with van der Waals surface area (Å²) >= 11 is 3.31. The third kappa shape index (κ3) is 5.68. The average molecular weight is 438 g/mol. The smallest absolute Gasteiger partial charge is 0.295 e. The van der Waals surface area contributed by atoms with Gasteiger partial charge in [0.15, 0.2) is 15.7 Å². The van der Waals surface area contributed by atoms with Crippen molar-refractivity contribution in [3.8, 4) is 0 Å². The van der Waals surface area contributed by atoms with E-state index >= 15 is 0 Å². The van der Waals surface area contributed by atoms with E-state index in [1.807, 2.05) is 0 Å². The van der Waals surface area contributed by atoms with Gasteiger partial charge in [0.05, 0.1) is 11.5 Å². The van der Waals surface area contributed by atoms with Crippen LogP contribution >= 0.6 is 15.9 Å². The summed E-state index contributed by atoms with van der Waals surface area (Å²) < 4.78 is 30.7. The molecule has 10 heteroatoms. The molecule has 0 amide bonds. The lowest BCUT2D eigenvalue weighted by Crippen LogP contribution is -2.44. The van der Waals surface area contributed by atoms with Gasteiger partial charge < -0.3 is 9.64 Å². The van der Waals surface area contributed by atoms with Crippen molar-refractivity contribution in [2.24, 2.45) is 0 Å². The monoisotopic (exact) mass is 437 g/mol. The maximum absolute atomic E-state index is 12.6. The quantitative estimate of drug-likeness (QED) is 0.495. The van der Waals surface area contributed by atoms with Crippen LogP contribution in [0.1, 0.15) is 0 Å². The van der Waals surface area contributed by atoms with E-state index in [1.165, 1.54) is 4.57 Å². The molecule has 0 saturated carbocycles. The zero-order valence-electron chi connectivity index (χ0n) is 14.3. The molecule has 1 aliphatic rings. The molecule has 0 bridgehead atoms. The fraction of sp³-hybridized carbons (Fsp3) is 0.714.